The largest absolute Gasteiger partial charge is 0.475 e. The van der Waals surface area contributed by atoms with Crippen molar-refractivity contribution in [3.05, 3.63) is 95.6 Å². The Morgan fingerprint density at radius 3 is 1.29 bits per heavy atom. The minimum atomic E-state index is 0.0349. The van der Waals surface area contributed by atoms with Crippen molar-refractivity contribution in [2.45, 2.75) is 67.3 Å². The highest BCUT2D eigenvalue weighted by molar-refractivity contribution is 5.98. The number of hydrogen-bond donors (Lipinski definition) is 0. The molecule has 0 saturated heterocycles. The predicted octanol–water partition coefficient (Wildman–Crippen LogP) is 8.19. The molecule has 0 spiro atoms. The average Bonchev–Trinajstić information content (AvgIpc) is 2.94. The summed E-state index contributed by atoms with van der Waals surface area (Å²) >= 11 is 0. The van der Waals surface area contributed by atoms with Gasteiger partial charge in [0.05, 0.1) is 0 Å². The molecule has 0 fully saturated rings. The predicted molar refractivity (Wildman–Crippen MR) is 162 cm³/mol. The van der Waals surface area contributed by atoms with Crippen LogP contribution in [0, 0.1) is 0 Å². The molecule has 3 aromatic carbocycles. The fourth-order valence-corrected chi connectivity index (χ4v) is 5.10. The minimum absolute atomic E-state index is 0.0349. The van der Waals surface area contributed by atoms with Crippen LogP contribution < -0.4 is 9.47 Å². The van der Waals surface area contributed by atoms with Gasteiger partial charge in [0.15, 0.2) is 0 Å². The second-order valence-corrected chi connectivity index (χ2v) is 9.50. The topological polar surface area (TPSA) is 24.9 Å². The molecule has 204 valence electrons. The summed E-state index contributed by atoms with van der Waals surface area (Å²) in [5, 5.41) is 0. The smallest absolute Gasteiger partial charge is 0.149 e. The molecule has 0 amide bonds. The van der Waals surface area contributed by atoms with Gasteiger partial charge in [-0.25, -0.2) is 0 Å². The maximum atomic E-state index is 6.25. The Morgan fingerprint density at radius 1 is 0.553 bits per heavy atom. The zero-order chi connectivity index (χ0) is 27.5. The van der Waals surface area contributed by atoms with E-state index in [1.54, 1.807) is 0 Å². The summed E-state index contributed by atoms with van der Waals surface area (Å²) < 4.78 is 12.5. The van der Waals surface area contributed by atoms with E-state index < -0.39 is 0 Å². The van der Waals surface area contributed by atoms with Crippen molar-refractivity contribution in [3.63, 3.8) is 0 Å². The highest BCUT2D eigenvalue weighted by Gasteiger charge is 2.16. The van der Waals surface area contributed by atoms with Crippen molar-refractivity contribution in [1.29, 1.82) is 0 Å². The van der Waals surface area contributed by atoms with Crippen LogP contribution in [0.3, 0.4) is 0 Å². The van der Waals surface area contributed by atoms with Gasteiger partial charge in [0.25, 0.3) is 0 Å². The van der Waals surface area contributed by atoms with Crippen LogP contribution in [0.25, 0.3) is 11.1 Å². The third-order valence-corrected chi connectivity index (χ3v) is 7.33. The molecule has 0 aliphatic carbocycles. The monoisotopic (exact) mass is 514 g/mol. The van der Waals surface area contributed by atoms with Crippen LogP contribution in [0.4, 0.5) is 0 Å². The summed E-state index contributed by atoms with van der Waals surface area (Å²) in [4.78, 5) is 4.60. The first-order valence-corrected chi connectivity index (χ1v) is 14.3. The quantitative estimate of drug-likeness (QED) is 0.160. The van der Waals surface area contributed by atoms with Gasteiger partial charge in [0.2, 0.25) is 0 Å². The van der Waals surface area contributed by atoms with E-state index in [1.165, 1.54) is 27.8 Å². The highest BCUT2D eigenvalue weighted by atomic mass is 16.5. The van der Waals surface area contributed by atoms with Crippen molar-refractivity contribution in [2.24, 2.45) is 0 Å². The van der Waals surface area contributed by atoms with Gasteiger partial charge in [-0.15, -0.1) is 0 Å². The van der Waals surface area contributed by atoms with Gasteiger partial charge >= 0.3 is 0 Å². The van der Waals surface area contributed by atoms with Crippen molar-refractivity contribution >= 4 is 11.1 Å². The lowest BCUT2D eigenvalue weighted by Crippen LogP contribution is -2.36. The Morgan fingerprint density at radius 2 is 0.947 bits per heavy atom. The van der Waals surface area contributed by atoms with E-state index in [9.17, 15) is 0 Å². The first-order chi connectivity index (χ1) is 18.4. The van der Waals surface area contributed by atoms with Crippen molar-refractivity contribution < 1.29 is 9.47 Å². The summed E-state index contributed by atoms with van der Waals surface area (Å²) in [7, 11) is 0. The Bertz CT molecular complexity index is 1050. The number of benzene rings is 3. The maximum Gasteiger partial charge on any atom is 0.149 e. The maximum absolute atomic E-state index is 6.25. The van der Waals surface area contributed by atoms with E-state index in [4.69, 9.17) is 9.47 Å². The summed E-state index contributed by atoms with van der Waals surface area (Å²) in [6, 6.07) is 27.8. The second-order valence-electron chi connectivity index (χ2n) is 9.50. The minimum Gasteiger partial charge on any atom is -0.475 e. The van der Waals surface area contributed by atoms with Crippen LogP contribution in [-0.2, 0) is 0 Å². The number of ether oxygens (including phenoxy) is 2. The molecule has 0 radical (unpaired) electrons. The molecule has 4 heteroatoms. The van der Waals surface area contributed by atoms with E-state index in [0.717, 1.165) is 44.1 Å². The number of allylic oxidation sites excluding steroid dienone is 1. The Labute approximate surface area is 230 Å². The van der Waals surface area contributed by atoms with Gasteiger partial charge in [0, 0.05) is 0 Å². The molecule has 2 atom stereocenters. The number of nitrogens with zero attached hydrogens (tertiary/aromatic N) is 2. The third-order valence-electron chi connectivity index (χ3n) is 7.33. The molecule has 0 aromatic heterocycles. The summed E-state index contributed by atoms with van der Waals surface area (Å²) in [5.41, 5.74) is 6.17. The Balaban J connectivity index is 1.97. The molecule has 0 heterocycles. The molecule has 0 N–H and O–H groups in total. The molecule has 4 nitrogen and oxygen atoms in total. The van der Waals surface area contributed by atoms with Gasteiger partial charge in [-0.1, -0.05) is 89.2 Å². The molecule has 0 aliphatic rings. The average molecular weight is 515 g/mol. The van der Waals surface area contributed by atoms with E-state index in [1.807, 2.05) is 0 Å². The second kappa shape index (κ2) is 14.8. The van der Waals surface area contributed by atoms with Crippen LogP contribution in [0.1, 0.15) is 71.6 Å². The van der Waals surface area contributed by atoms with E-state index >= 15 is 0 Å². The van der Waals surface area contributed by atoms with Crippen LogP contribution in [0.5, 0.6) is 11.5 Å². The van der Waals surface area contributed by atoms with Crippen LogP contribution in [0.15, 0.2) is 78.9 Å². The van der Waals surface area contributed by atoms with Crippen LogP contribution in [-0.4, -0.2) is 48.4 Å². The van der Waals surface area contributed by atoms with E-state index in [0.29, 0.717) is 0 Å². The van der Waals surface area contributed by atoms with Gasteiger partial charge in [-0.2, -0.15) is 0 Å². The number of hydrogen-bond acceptors (Lipinski definition) is 4. The zero-order valence-electron chi connectivity index (χ0n) is 24.4. The molecule has 2 unspecified atom stereocenters. The highest BCUT2D eigenvalue weighted by Crippen LogP contribution is 2.36. The molecule has 0 aliphatic heterocycles. The fraction of sp³-hybridized carbons (Fsp3) is 0.412. The SMILES string of the molecule is CCC(=C(c1ccc(OC(C)N(CC)CC)cc1)c1ccc(OC(C)N(CC)CC)cc1)c1ccccc1. The van der Waals surface area contributed by atoms with E-state index in [2.05, 4.69) is 137 Å². The van der Waals surface area contributed by atoms with Gasteiger partial charge < -0.3 is 9.47 Å². The first kappa shape index (κ1) is 29.5. The summed E-state index contributed by atoms with van der Waals surface area (Å²) in [6.07, 6.45) is 0.994. The van der Waals surface area contributed by atoms with Gasteiger partial charge in [0.1, 0.15) is 24.0 Å². The summed E-state index contributed by atoms with van der Waals surface area (Å²) in [5.74, 6) is 1.78. The molecular formula is C34H46N2O2. The molecule has 0 saturated carbocycles. The van der Waals surface area contributed by atoms with Crippen LogP contribution in [0.2, 0.25) is 0 Å². The van der Waals surface area contributed by atoms with Crippen molar-refractivity contribution in [3.8, 4) is 11.5 Å². The Kier molecular flexibility index (Phi) is 11.4. The molecule has 0 bridgehead atoms. The molecule has 38 heavy (non-hydrogen) atoms. The first-order valence-electron chi connectivity index (χ1n) is 14.3. The van der Waals surface area contributed by atoms with Crippen LogP contribution >= 0.6 is 0 Å². The lowest BCUT2D eigenvalue weighted by Gasteiger charge is -2.27. The van der Waals surface area contributed by atoms with Crippen molar-refractivity contribution in [1.82, 2.24) is 9.80 Å². The third kappa shape index (κ3) is 7.49. The van der Waals surface area contributed by atoms with Gasteiger partial charge in [-0.3, -0.25) is 9.80 Å². The van der Waals surface area contributed by atoms with Crippen molar-refractivity contribution in [2.75, 3.05) is 26.2 Å². The number of rotatable bonds is 14. The standard InChI is InChI=1S/C34H46N2O2/c1-8-33(28-16-14-13-15-17-28)34(29-18-22-31(23-19-29)37-26(6)35(9-2)10-3)30-20-24-32(25-21-30)38-27(7)36(11-4)12-5/h13-27H,8-12H2,1-7H3. The molecule has 3 aromatic rings. The van der Waals surface area contributed by atoms with Gasteiger partial charge in [-0.05, 0) is 98.5 Å². The summed E-state index contributed by atoms with van der Waals surface area (Å²) in [6.45, 7) is 19.0. The zero-order valence-corrected chi connectivity index (χ0v) is 24.4. The lowest BCUT2D eigenvalue weighted by molar-refractivity contribution is 0.0479. The normalized spacial score (nSPS) is 12.9. The molecular weight excluding hydrogens is 468 g/mol. The van der Waals surface area contributed by atoms with E-state index in [-0.39, 0.29) is 12.5 Å². The lowest BCUT2D eigenvalue weighted by atomic mass is 9.88. The molecule has 3 rings (SSSR count). The fourth-order valence-electron chi connectivity index (χ4n) is 5.10. The Hall–Kier alpha value is -3.08.